The molecule has 2 N–H and O–H groups in total. The van der Waals surface area contributed by atoms with Gasteiger partial charge in [-0.2, -0.15) is 0 Å². The molecule has 0 aliphatic rings. The van der Waals surface area contributed by atoms with E-state index in [4.69, 9.17) is 0 Å². The van der Waals surface area contributed by atoms with Crippen molar-refractivity contribution in [2.75, 3.05) is 14.2 Å². The summed E-state index contributed by atoms with van der Waals surface area (Å²) in [5.41, 5.74) is 0.820. The van der Waals surface area contributed by atoms with Crippen molar-refractivity contribution >= 4 is 17.8 Å². The van der Waals surface area contributed by atoms with Gasteiger partial charge in [-0.3, -0.25) is 9.59 Å². The van der Waals surface area contributed by atoms with E-state index >= 15 is 0 Å². The van der Waals surface area contributed by atoms with E-state index in [0.29, 0.717) is 5.56 Å². The summed E-state index contributed by atoms with van der Waals surface area (Å²) in [5, 5.41) is 11.7. The molecule has 1 amide bonds. The van der Waals surface area contributed by atoms with Gasteiger partial charge in [-0.05, 0) is 30.7 Å². The van der Waals surface area contributed by atoms with Crippen molar-refractivity contribution in [3.63, 3.8) is 0 Å². The number of phenolic OH excluding ortho intramolecular Hbond substituents is 1. The standard InChI is InChI=1S/C14H17NO6/c1-8-6-9(16)4-5-10(8)13(18)15-11(14(19)21-3)7-12(17)20-2/h4-6,11,16H,7H2,1-3H3,(H,15,18). The molecular weight excluding hydrogens is 278 g/mol. The third kappa shape index (κ3) is 4.48. The maximum atomic E-state index is 12.1. The molecule has 0 saturated heterocycles. The summed E-state index contributed by atoms with van der Waals surface area (Å²) in [4.78, 5) is 35.0. The van der Waals surface area contributed by atoms with Crippen LogP contribution >= 0.6 is 0 Å². The Morgan fingerprint density at radius 2 is 1.90 bits per heavy atom. The fourth-order valence-corrected chi connectivity index (χ4v) is 1.72. The Balaban J connectivity index is 2.89. The number of aromatic hydroxyl groups is 1. The third-order valence-electron chi connectivity index (χ3n) is 2.84. The van der Waals surface area contributed by atoms with Crippen LogP contribution in [-0.2, 0) is 19.1 Å². The van der Waals surface area contributed by atoms with Gasteiger partial charge in [0, 0.05) is 5.56 Å². The average molecular weight is 295 g/mol. The number of benzene rings is 1. The summed E-state index contributed by atoms with van der Waals surface area (Å²) in [7, 11) is 2.34. The van der Waals surface area contributed by atoms with E-state index in [0.717, 1.165) is 7.11 Å². The summed E-state index contributed by atoms with van der Waals surface area (Å²) in [6.45, 7) is 1.64. The summed E-state index contributed by atoms with van der Waals surface area (Å²) in [5.74, 6) is -1.91. The molecule has 0 fully saturated rings. The number of rotatable bonds is 5. The Hall–Kier alpha value is -2.57. The zero-order valence-electron chi connectivity index (χ0n) is 12.0. The van der Waals surface area contributed by atoms with Gasteiger partial charge in [0.25, 0.3) is 5.91 Å². The van der Waals surface area contributed by atoms with Crippen molar-refractivity contribution in [3.05, 3.63) is 29.3 Å². The first-order chi connectivity index (χ1) is 9.88. The van der Waals surface area contributed by atoms with E-state index in [9.17, 15) is 19.5 Å². The number of ether oxygens (including phenoxy) is 2. The van der Waals surface area contributed by atoms with Crippen LogP contribution in [0.15, 0.2) is 18.2 Å². The van der Waals surface area contributed by atoms with E-state index in [2.05, 4.69) is 14.8 Å². The number of esters is 2. The molecule has 0 bridgehead atoms. The van der Waals surface area contributed by atoms with Crippen LogP contribution in [-0.4, -0.2) is 43.2 Å². The van der Waals surface area contributed by atoms with Gasteiger partial charge < -0.3 is 19.9 Å². The topological polar surface area (TPSA) is 102 Å². The highest BCUT2D eigenvalue weighted by atomic mass is 16.5. The van der Waals surface area contributed by atoms with Crippen LogP contribution in [0.25, 0.3) is 0 Å². The molecule has 21 heavy (non-hydrogen) atoms. The lowest BCUT2D eigenvalue weighted by molar-refractivity contribution is -0.149. The number of amides is 1. The molecule has 0 heterocycles. The molecule has 0 spiro atoms. The summed E-state index contributed by atoms with van der Waals surface area (Å²) >= 11 is 0. The number of methoxy groups -OCH3 is 2. The Morgan fingerprint density at radius 1 is 1.24 bits per heavy atom. The molecule has 114 valence electrons. The van der Waals surface area contributed by atoms with E-state index in [1.807, 2.05) is 0 Å². The smallest absolute Gasteiger partial charge is 0.328 e. The molecule has 1 aromatic rings. The minimum Gasteiger partial charge on any atom is -0.508 e. The van der Waals surface area contributed by atoms with Gasteiger partial charge in [0.2, 0.25) is 0 Å². The van der Waals surface area contributed by atoms with Crippen LogP contribution in [0.5, 0.6) is 5.75 Å². The Labute approximate surface area is 121 Å². The monoisotopic (exact) mass is 295 g/mol. The molecular formula is C14H17NO6. The highest BCUT2D eigenvalue weighted by molar-refractivity contribution is 5.98. The predicted molar refractivity (Wildman–Crippen MR) is 72.7 cm³/mol. The van der Waals surface area contributed by atoms with E-state index in [1.54, 1.807) is 6.92 Å². The van der Waals surface area contributed by atoms with Crippen molar-refractivity contribution in [3.8, 4) is 5.75 Å². The highest BCUT2D eigenvalue weighted by Gasteiger charge is 2.26. The molecule has 0 aromatic heterocycles. The SMILES string of the molecule is COC(=O)CC(NC(=O)c1ccc(O)cc1C)C(=O)OC. The Kier molecular flexibility index (Phi) is 5.71. The first-order valence-corrected chi connectivity index (χ1v) is 6.14. The molecule has 0 aliphatic carbocycles. The number of hydrogen-bond acceptors (Lipinski definition) is 6. The van der Waals surface area contributed by atoms with Crippen LogP contribution in [0, 0.1) is 6.92 Å². The van der Waals surface area contributed by atoms with Gasteiger partial charge in [-0.15, -0.1) is 0 Å². The molecule has 0 aliphatic heterocycles. The molecule has 1 aromatic carbocycles. The van der Waals surface area contributed by atoms with Gasteiger partial charge in [-0.25, -0.2) is 4.79 Å². The van der Waals surface area contributed by atoms with Crippen LogP contribution in [0.3, 0.4) is 0 Å². The van der Waals surface area contributed by atoms with E-state index < -0.39 is 23.9 Å². The average Bonchev–Trinajstić information content (AvgIpc) is 2.45. The first kappa shape index (κ1) is 16.5. The quantitative estimate of drug-likeness (QED) is 0.768. The van der Waals surface area contributed by atoms with Crippen molar-refractivity contribution < 1.29 is 29.0 Å². The molecule has 1 unspecified atom stereocenters. The number of nitrogens with one attached hydrogen (secondary N) is 1. The molecule has 1 atom stereocenters. The first-order valence-electron chi connectivity index (χ1n) is 6.14. The Bertz CT molecular complexity index is 554. The molecule has 7 heteroatoms. The predicted octanol–water partition coefficient (Wildman–Crippen LogP) is 0.535. The van der Waals surface area contributed by atoms with E-state index in [1.165, 1.54) is 25.3 Å². The number of hydrogen-bond donors (Lipinski definition) is 2. The Morgan fingerprint density at radius 3 is 2.43 bits per heavy atom. The minimum absolute atomic E-state index is 0.0307. The fraction of sp³-hybridized carbons (Fsp3) is 0.357. The lowest BCUT2D eigenvalue weighted by atomic mass is 10.1. The number of carbonyl (C=O) groups is 3. The van der Waals surface area contributed by atoms with E-state index in [-0.39, 0.29) is 17.7 Å². The summed E-state index contributed by atoms with van der Waals surface area (Å²) in [6, 6.07) is 3.06. The van der Waals surface area contributed by atoms with Crippen molar-refractivity contribution in [2.24, 2.45) is 0 Å². The molecule has 7 nitrogen and oxygen atoms in total. The fourth-order valence-electron chi connectivity index (χ4n) is 1.72. The van der Waals surface area contributed by atoms with Crippen LogP contribution in [0.4, 0.5) is 0 Å². The third-order valence-corrected chi connectivity index (χ3v) is 2.84. The maximum absolute atomic E-state index is 12.1. The minimum atomic E-state index is -1.14. The molecule has 0 radical (unpaired) electrons. The second-order valence-corrected chi connectivity index (χ2v) is 4.33. The van der Waals surface area contributed by atoms with Crippen molar-refractivity contribution in [2.45, 2.75) is 19.4 Å². The van der Waals surface area contributed by atoms with Crippen molar-refractivity contribution in [1.82, 2.24) is 5.32 Å². The second kappa shape index (κ2) is 7.28. The van der Waals surface area contributed by atoms with Crippen LogP contribution < -0.4 is 5.32 Å². The number of carbonyl (C=O) groups excluding carboxylic acids is 3. The molecule has 1 rings (SSSR count). The normalized spacial score (nSPS) is 11.4. The van der Waals surface area contributed by atoms with Gasteiger partial charge in [0.05, 0.1) is 20.6 Å². The highest BCUT2D eigenvalue weighted by Crippen LogP contribution is 2.16. The maximum Gasteiger partial charge on any atom is 0.328 e. The second-order valence-electron chi connectivity index (χ2n) is 4.33. The lowest BCUT2D eigenvalue weighted by Gasteiger charge is -2.16. The lowest BCUT2D eigenvalue weighted by Crippen LogP contribution is -2.43. The van der Waals surface area contributed by atoms with Gasteiger partial charge in [-0.1, -0.05) is 0 Å². The van der Waals surface area contributed by atoms with Gasteiger partial charge in [0.1, 0.15) is 11.8 Å². The van der Waals surface area contributed by atoms with Gasteiger partial charge >= 0.3 is 11.9 Å². The number of phenols is 1. The summed E-state index contributed by atoms with van der Waals surface area (Å²) in [6.07, 6.45) is -0.327. The van der Waals surface area contributed by atoms with Crippen LogP contribution in [0.1, 0.15) is 22.3 Å². The largest absolute Gasteiger partial charge is 0.508 e. The van der Waals surface area contributed by atoms with Crippen LogP contribution in [0.2, 0.25) is 0 Å². The molecule has 0 saturated carbocycles. The number of aryl methyl sites for hydroxylation is 1. The summed E-state index contributed by atoms with van der Waals surface area (Å²) < 4.78 is 9.01. The van der Waals surface area contributed by atoms with Crippen molar-refractivity contribution in [1.29, 1.82) is 0 Å². The zero-order chi connectivity index (χ0) is 16.0. The zero-order valence-corrected chi connectivity index (χ0v) is 12.0. The van der Waals surface area contributed by atoms with Gasteiger partial charge in [0.15, 0.2) is 0 Å².